The molecule has 0 bridgehead atoms. The highest BCUT2D eigenvalue weighted by atomic mass is 19.1. The lowest BCUT2D eigenvalue weighted by Gasteiger charge is -2.49. The van der Waals surface area contributed by atoms with Crippen molar-refractivity contribution >= 4 is 18.0 Å². The number of hydrogen-bond donors (Lipinski definition) is 4. The third-order valence-corrected chi connectivity index (χ3v) is 9.28. The quantitative estimate of drug-likeness (QED) is 0.305. The number of carbonyl (C=O) groups excluding carboxylic acids is 2. The molecule has 10 heteroatoms. The van der Waals surface area contributed by atoms with Crippen LogP contribution in [0.2, 0.25) is 0 Å². The molecule has 7 unspecified atom stereocenters. The lowest BCUT2D eigenvalue weighted by atomic mass is 9.84. The number of piperazine rings is 1. The zero-order valence-electron chi connectivity index (χ0n) is 21.4. The number of nitrogens with zero attached hydrogens (tertiary/aromatic N) is 3. The highest BCUT2D eigenvalue weighted by molar-refractivity contribution is 5.81. The number of fused-ring (bicyclic) bond motifs is 2. The van der Waals surface area contributed by atoms with E-state index in [4.69, 9.17) is 11.5 Å². The summed E-state index contributed by atoms with van der Waals surface area (Å²) < 4.78 is 14.4. The van der Waals surface area contributed by atoms with Gasteiger partial charge in [0, 0.05) is 50.9 Å². The van der Waals surface area contributed by atoms with Crippen LogP contribution >= 0.6 is 0 Å². The van der Waals surface area contributed by atoms with Crippen LogP contribution in [0, 0.1) is 11.3 Å². The summed E-state index contributed by atoms with van der Waals surface area (Å²) in [4.78, 5) is 35.0. The Labute approximate surface area is 213 Å². The Balaban J connectivity index is 1.29. The van der Waals surface area contributed by atoms with Gasteiger partial charge < -0.3 is 27.0 Å². The summed E-state index contributed by atoms with van der Waals surface area (Å²) >= 11 is 0. The third kappa shape index (κ3) is 5.10. The van der Waals surface area contributed by atoms with E-state index in [1.165, 1.54) is 6.21 Å². The smallest absolute Gasteiger partial charge is 0.228 e. The molecule has 6 N–H and O–H groups in total. The van der Waals surface area contributed by atoms with Gasteiger partial charge in [0.2, 0.25) is 11.8 Å². The SMILES string of the molecule is CCC12C/C1=C/C(F)C=NC(C(C(=O)NC1CNCCC1N1CCN3C(=O)CCCC3C1)C(N)N)C2. The van der Waals surface area contributed by atoms with E-state index >= 15 is 0 Å². The minimum Gasteiger partial charge on any atom is -0.350 e. The molecule has 0 radical (unpaired) electrons. The molecule has 4 heterocycles. The summed E-state index contributed by atoms with van der Waals surface area (Å²) in [7, 11) is 0. The Morgan fingerprint density at radius 1 is 1.36 bits per heavy atom. The number of halogens is 1. The number of allylic oxidation sites excluding steroid dienone is 2. The maximum atomic E-state index is 14.4. The van der Waals surface area contributed by atoms with E-state index in [0.29, 0.717) is 19.4 Å². The van der Waals surface area contributed by atoms with Crippen molar-refractivity contribution in [1.82, 2.24) is 20.4 Å². The molecule has 5 rings (SSSR count). The molecule has 3 saturated heterocycles. The first kappa shape index (κ1) is 25.8. The molecule has 5 aliphatic rings. The van der Waals surface area contributed by atoms with Crippen molar-refractivity contribution in [3.05, 3.63) is 11.6 Å². The van der Waals surface area contributed by atoms with Crippen LogP contribution in [-0.2, 0) is 9.59 Å². The summed E-state index contributed by atoms with van der Waals surface area (Å²) in [6.45, 7) is 6.07. The Bertz CT molecular complexity index is 911. The summed E-state index contributed by atoms with van der Waals surface area (Å²) in [6, 6.07) is -0.108. The first-order valence-corrected chi connectivity index (χ1v) is 13.8. The molecule has 1 aliphatic carbocycles. The monoisotopic (exact) mass is 503 g/mol. The van der Waals surface area contributed by atoms with Crippen molar-refractivity contribution in [2.24, 2.45) is 27.8 Å². The van der Waals surface area contributed by atoms with E-state index in [1.807, 2.05) is 4.90 Å². The van der Waals surface area contributed by atoms with E-state index in [1.54, 1.807) is 6.08 Å². The van der Waals surface area contributed by atoms with Crippen LogP contribution in [0.25, 0.3) is 0 Å². The number of amides is 2. The van der Waals surface area contributed by atoms with Gasteiger partial charge in [-0.25, -0.2) is 4.39 Å². The predicted octanol–water partition coefficient (Wildman–Crippen LogP) is 0.297. The molecule has 2 amide bonds. The van der Waals surface area contributed by atoms with Crippen molar-refractivity contribution in [2.75, 3.05) is 32.7 Å². The summed E-state index contributed by atoms with van der Waals surface area (Å²) in [5.41, 5.74) is 13.4. The molecule has 0 aromatic carbocycles. The highest BCUT2D eigenvalue weighted by Gasteiger charge is 2.51. The van der Waals surface area contributed by atoms with Gasteiger partial charge in [0.05, 0.1) is 24.2 Å². The molecular formula is C26H42FN7O2. The van der Waals surface area contributed by atoms with Gasteiger partial charge in [-0.05, 0) is 56.6 Å². The third-order valence-electron chi connectivity index (χ3n) is 9.28. The first-order chi connectivity index (χ1) is 17.3. The Hall–Kier alpha value is -1.88. The van der Waals surface area contributed by atoms with Gasteiger partial charge >= 0.3 is 0 Å². The van der Waals surface area contributed by atoms with Crippen LogP contribution in [0.5, 0.6) is 0 Å². The molecule has 4 aliphatic heterocycles. The van der Waals surface area contributed by atoms with E-state index in [9.17, 15) is 14.0 Å². The van der Waals surface area contributed by atoms with Gasteiger partial charge in [0.1, 0.15) is 0 Å². The van der Waals surface area contributed by atoms with Crippen molar-refractivity contribution in [3.63, 3.8) is 0 Å². The van der Waals surface area contributed by atoms with Gasteiger partial charge in [0.15, 0.2) is 6.17 Å². The number of nitrogens with two attached hydrogens (primary N) is 2. The van der Waals surface area contributed by atoms with E-state index in [2.05, 4.69) is 27.4 Å². The van der Waals surface area contributed by atoms with Crippen molar-refractivity contribution in [3.8, 4) is 0 Å². The molecule has 36 heavy (non-hydrogen) atoms. The van der Waals surface area contributed by atoms with Gasteiger partial charge in [-0.3, -0.25) is 19.5 Å². The van der Waals surface area contributed by atoms with Crippen LogP contribution in [-0.4, -0.2) is 97.1 Å². The second-order valence-electron chi connectivity index (χ2n) is 11.4. The number of hydrogen-bond acceptors (Lipinski definition) is 7. The van der Waals surface area contributed by atoms with Crippen LogP contribution in [0.1, 0.15) is 51.9 Å². The largest absolute Gasteiger partial charge is 0.350 e. The van der Waals surface area contributed by atoms with Gasteiger partial charge in [-0.1, -0.05) is 12.5 Å². The van der Waals surface area contributed by atoms with Gasteiger partial charge in [-0.15, -0.1) is 0 Å². The van der Waals surface area contributed by atoms with E-state index in [0.717, 1.165) is 63.9 Å². The standard InChI is InChI=1S/C26H42FN7O2/c1-2-26-11-16(26)10-17(27)13-31-19(12-26)23(24(28)29)25(36)32-20-14-30-7-6-21(20)33-8-9-34-18(15-33)4-3-5-22(34)35/h10,13,17-21,23-24,30H,2-9,11-12,14-15,28-29H2,1H3,(H,32,36)/b16-10-,31-13?. The molecule has 9 nitrogen and oxygen atoms in total. The molecule has 1 saturated carbocycles. The number of carbonyl (C=O) groups is 2. The topological polar surface area (TPSA) is 129 Å². The minimum atomic E-state index is -1.24. The second kappa shape index (κ2) is 10.5. The molecule has 200 valence electrons. The zero-order chi connectivity index (χ0) is 25.4. The van der Waals surface area contributed by atoms with Crippen LogP contribution in [0.15, 0.2) is 16.6 Å². The Morgan fingerprint density at radius 3 is 2.97 bits per heavy atom. The fourth-order valence-corrected chi connectivity index (χ4v) is 7.06. The van der Waals surface area contributed by atoms with Crippen LogP contribution < -0.4 is 22.1 Å². The summed E-state index contributed by atoms with van der Waals surface area (Å²) in [5, 5.41) is 6.68. The second-order valence-corrected chi connectivity index (χ2v) is 11.4. The minimum absolute atomic E-state index is 0.0910. The van der Waals surface area contributed by atoms with Gasteiger partial charge in [0.25, 0.3) is 0 Å². The lowest BCUT2D eigenvalue weighted by molar-refractivity contribution is -0.140. The zero-order valence-corrected chi connectivity index (χ0v) is 21.4. The maximum Gasteiger partial charge on any atom is 0.228 e. The maximum absolute atomic E-state index is 14.4. The fourth-order valence-electron chi connectivity index (χ4n) is 7.06. The average Bonchev–Trinajstić information content (AvgIpc) is 3.52. The number of piperidine rings is 2. The highest BCUT2D eigenvalue weighted by Crippen LogP contribution is 2.59. The summed E-state index contributed by atoms with van der Waals surface area (Å²) in [6.07, 6.45) is 6.79. The number of nitrogens with one attached hydrogen (secondary N) is 2. The molecule has 0 spiro atoms. The normalized spacial score (nSPS) is 39.4. The predicted molar refractivity (Wildman–Crippen MR) is 137 cm³/mol. The van der Waals surface area contributed by atoms with Crippen molar-refractivity contribution < 1.29 is 14.0 Å². The molecule has 4 fully saturated rings. The van der Waals surface area contributed by atoms with E-state index in [-0.39, 0.29) is 35.4 Å². The number of aliphatic imine (C=N–C) groups is 1. The Morgan fingerprint density at radius 2 is 2.19 bits per heavy atom. The molecule has 0 aromatic heterocycles. The number of alkyl halides is 1. The first-order valence-electron chi connectivity index (χ1n) is 13.8. The molecular weight excluding hydrogens is 461 g/mol. The van der Waals surface area contributed by atoms with Crippen molar-refractivity contribution in [2.45, 2.75) is 88.4 Å². The van der Waals surface area contributed by atoms with Crippen LogP contribution in [0.4, 0.5) is 4.39 Å². The average molecular weight is 504 g/mol. The van der Waals surface area contributed by atoms with Crippen LogP contribution in [0.3, 0.4) is 0 Å². The Kier molecular flexibility index (Phi) is 7.49. The molecule has 0 aromatic rings. The fraction of sp³-hybridized carbons (Fsp3) is 0.808. The summed E-state index contributed by atoms with van der Waals surface area (Å²) in [5.74, 6) is -0.660. The van der Waals surface area contributed by atoms with E-state index < -0.39 is 24.3 Å². The lowest BCUT2D eigenvalue weighted by Crippen LogP contribution is -2.66. The number of rotatable bonds is 6. The molecule has 7 atom stereocenters. The van der Waals surface area contributed by atoms with Gasteiger partial charge in [-0.2, -0.15) is 0 Å². The van der Waals surface area contributed by atoms with Crippen molar-refractivity contribution in [1.29, 1.82) is 0 Å².